The van der Waals surface area contributed by atoms with Crippen LogP contribution in [0.15, 0.2) is 39.7 Å². The Morgan fingerprint density at radius 2 is 2.50 bits per heavy atom. The van der Waals surface area contributed by atoms with Crippen LogP contribution < -0.4 is 5.43 Å². The maximum absolute atomic E-state index is 10.5. The fourth-order valence-corrected chi connectivity index (χ4v) is 1.42. The molecule has 6 nitrogen and oxygen atoms in total. The van der Waals surface area contributed by atoms with Gasteiger partial charge in [0.05, 0.1) is 6.26 Å². The van der Waals surface area contributed by atoms with E-state index in [-0.39, 0.29) is 5.90 Å². The van der Waals surface area contributed by atoms with E-state index in [4.69, 9.17) is 9.52 Å². The lowest BCUT2D eigenvalue weighted by Crippen LogP contribution is -2.25. The molecule has 2 rings (SSSR count). The van der Waals surface area contributed by atoms with Gasteiger partial charge in [-0.25, -0.2) is 4.79 Å². The third kappa shape index (κ3) is 2.05. The molecule has 1 aliphatic rings. The van der Waals surface area contributed by atoms with Crippen molar-refractivity contribution in [2.75, 3.05) is 0 Å². The molecule has 1 unspecified atom stereocenters. The molecule has 0 aromatic carbocycles. The molecule has 0 aliphatic carbocycles. The van der Waals surface area contributed by atoms with Crippen LogP contribution in [0.3, 0.4) is 0 Å². The number of carboxylic acid groups (broad SMARTS) is 1. The maximum atomic E-state index is 10.5. The fourth-order valence-electron chi connectivity index (χ4n) is 1.42. The van der Waals surface area contributed by atoms with Gasteiger partial charge in [0.2, 0.25) is 5.90 Å². The summed E-state index contributed by atoms with van der Waals surface area (Å²) in [6.07, 6.45) is 1.90. The van der Waals surface area contributed by atoms with Gasteiger partial charge in [-0.1, -0.05) is 0 Å². The molecule has 0 radical (unpaired) electrons. The summed E-state index contributed by atoms with van der Waals surface area (Å²) in [7, 11) is 0. The summed E-state index contributed by atoms with van der Waals surface area (Å²) in [4.78, 5) is 10.5. The summed E-state index contributed by atoms with van der Waals surface area (Å²) in [6.45, 7) is 1.82. The van der Waals surface area contributed by atoms with E-state index in [9.17, 15) is 4.79 Å². The highest BCUT2D eigenvalue weighted by Gasteiger charge is 2.25. The molecule has 16 heavy (non-hydrogen) atoms. The molecule has 6 heteroatoms. The number of nitrogens with one attached hydrogen (secondary N) is 1. The lowest BCUT2D eigenvalue weighted by Gasteiger charge is -2.17. The van der Waals surface area contributed by atoms with Crippen LogP contribution in [0, 0.1) is 0 Å². The first-order valence-corrected chi connectivity index (χ1v) is 4.63. The third-order valence-corrected chi connectivity index (χ3v) is 2.07. The topological polar surface area (TPSA) is 84.1 Å². The van der Waals surface area contributed by atoms with Crippen molar-refractivity contribution < 1.29 is 19.1 Å². The molecule has 1 atom stereocenters. The monoisotopic (exact) mass is 222 g/mol. The van der Waals surface area contributed by atoms with Crippen molar-refractivity contribution in [2.45, 2.75) is 12.8 Å². The van der Waals surface area contributed by atoms with Gasteiger partial charge in [0.1, 0.15) is 11.7 Å². The molecule has 0 fully saturated rings. The molecule has 84 valence electrons. The average Bonchev–Trinajstić information content (AvgIpc) is 2.73. The number of ether oxygens (including phenoxy) is 1. The van der Waals surface area contributed by atoms with Crippen molar-refractivity contribution in [3.8, 4) is 0 Å². The largest absolute Gasteiger partial charge is 0.512 e. The highest BCUT2D eigenvalue weighted by atomic mass is 16.7. The molecule has 1 aromatic heterocycles. The Kier molecular flexibility index (Phi) is 2.63. The summed E-state index contributed by atoms with van der Waals surface area (Å²) in [5, 5.41) is 12.4. The van der Waals surface area contributed by atoms with Crippen LogP contribution in [0.4, 0.5) is 4.79 Å². The second-order valence-corrected chi connectivity index (χ2v) is 3.27. The molecule has 2 N–H and O–H groups in total. The minimum absolute atomic E-state index is 0.0491. The second-order valence-electron chi connectivity index (χ2n) is 3.27. The van der Waals surface area contributed by atoms with E-state index in [1.54, 1.807) is 18.2 Å². The highest BCUT2D eigenvalue weighted by molar-refractivity contribution is 5.92. The quantitative estimate of drug-likeness (QED) is 0.708. The van der Waals surface area contributed by atoms with Crippen LogP contribution in [0.25, 0.3) is 0 Å². The zero-order chi connectivity index (χ0) is 11.5. The Morgan fingerprint density at radius 1 is 1.69 bits per heavy atom. The fraction of sp³-hybridized carbons (Fsp3) is 0.200. The molecule has 0 spiro atoms. The van der Waals surface area contributed by atoms with Gasteiger partial charge >= 0.3 is 6.16 Å². The normalized spacial score (nSPS) is 19.4. The predicted molar refractivity (Wildman–Crippen MR) is 54.9 cm³/mol. The van der Waals surface area contributed by atoms with E-state index < -0.39 is 12.1 Å². The van der Waals surface area contributed by atoms with Crippen molar-refractivity contribution in [3.63, 3.8) is 0 Å². The van der Waals surface area contributed by atoms with Gasteiger partial charge in [-0.2, -0.15) is 0 Å². The Hall–Kier alpha value is -2.24. The summed E-state index contributed by atoms with van der Waals surface area (Å²) in [6, 6.07) is 3.46. The zero-order valence-electron chi connectivity index (χ0n) is 8.51. The number of carbonyl (C=O) groups is 1. The van der Waals surface area contributed by atoms with Gasteiger partial charge in [0.15, 0.2) is 0 Å². The van der Waals surface area contributed by atoms with Crippen molar-refractivity contribution in [1.29, 1.82) is 0 Å². The van der Waals surface area contributed by atoms with E-state index in [0.717, 1.165) is 5.70 Å². The van der Waals surface area contributed by atoms with Gasteiger partial charge in [-0.15, -0.1) is 5.10 Å². The van der Waals surface area contributed by atoms with Gasteiger partial charge in [0, 0.05) is 5.70 Å². The zero-order valence-corrected chi connectivity index (χ0v) is 8.51. The number of rotatable bonds is 1. The van der Waals surface area contributed by atoms with E-state index in [2.05, 4.69) is 15.3 Å². The van der Waals surface area contributed by atoms with Crippen LogP contribution in [-0.2, 0) is 4.74 Å². The van der Waals surface area contributed by atoms with Crippen LogP contribution in [0.5, 0.6) is 0 Å². The molecule has 1 aromatic rings. The van der Waals surface area contributed by atoms with Crippen molar-refractivity contribution in [2.24, 2.45) is 5.10 Å². The molecule has 2 heterocycles. The maximum Gasteiger partial charge on any atom is 0.512 e. The minimum atomic E-state index is -1.40. The highest BCUT2D eigenvalue weighted by Crippen LogP contribution is 2.24. The Bertz CT molecular complexity index is 447. The van der Waals surface area contributed by atoms with E-state index in [0.29, 0.717) is 5.76 Å². The summed E-state index contributed by atoms with van der Waals surface area (Å²) < 4.78 is 9.78. The third-order valence-electron chi connectivity index (χ3n) is 2.07. The van der Waals surface area contributed by atoms with Crippen molar-refractivity contribution in [1.82, 2.24) is 5.43 Å². The number of hydrazone groups is 1. The number of hydrogen-bond donors (Lipinski definition) is 2. The predicted octanol–water partition coefficient (Wildman–Crippen LogP) is 1.88. The van der Waals surface area contributed by atoms with E-state index in [1.807, 2.05) is 6.92 Å². The summed E-state index contributed by atoms with van der Waals surface area (Å²) in [5.41, 5.74) is 3.45. The first kappa shape index (κ1) is 10.3. The van der Waals surface area contributed by atoms with Crippen LogP contribution in [0.2, 0.25) is 0 Å². The van der Waals surface area contributed by atoms with E-state index in [1.165, 1.54) is 6.26 Å². The van der Waals surface area contributed by atoms with Crippen molar-refractivity contribution >= 4 is 12.1 Å². The molecule has 1 aliphatic heterocycles. The van der Waals surface area contributed by atoms with Gasteiger partial charge in [-0.3, -0.25) is 5.43 Å². The summed E-state index contributed by atoms with van der Waals surface area (Å²) in [5.74, 6) is 0.223. The molecule has 0 amide bonds. The van der Waals surface area contributed by atoms with Gasteiger partial charge in [-0.05, 0) is 25.1 Å². The number of allylic oxidation sites excluding steroid dienone is 1. The van der Waals surface area contributed by atoms with Gasteiger partial charge in [0.25, 0.3) is 0 Å². The Labute approximate surface area is 91.2 Å². The SMILES string of the molecule is CC1=CC(c2ccco2)C(OC(=O)O)=NN1. The van der Waals surface area contributed by atoms with Crippen LogP contribution >= 0.6 is 0 Å². The second kappa shape index (κ2) is 4.09. The molecule has 0 saturated heterocycles. The van der Waals surface area contributed by atoms with Crippen molar-refractivity contribution in [3.05, 3.63) is 35.9 Å². The molecule has 0 bridgehead atoms. The van der Waals surface area contributed by atoms with Crippen LogP contribution in [-0.4, -0.2) is 17.2 Å². The smallest absolute Gasteiger partial charge is 0.468 e. The average molecular weight is 222 g/mol. The minimum Gasteiger partial charge on any atom is -0.468 e. The number of nitrogens with zero attached hydrogens (tertiary/aromatic N) is 1. The summed E-state index contributed by atoms with van der Waals surface area (Å²) >= 11 is 0. The standard InChI is InChI=1S/C10H10N2O4/c1-6-5-7(8-3-2-4-15-8)9(12-11-6)16-10(13)14/h2-5,7,11H,1H3,(H,13,14). The lowest BCUT2D eigenvalue weighted by molar-refractivity contribution is 0.138. The molecule has 0 saturated carbocycles. The van der Waals surface area contributed by atoms with E-state index >= 15 is 0 Å². The Balaban J connectivity index is 2.27. The molecular formula is C10H10N2O4. The lowest BCUT2D eigenvalue weighted by atomic mass is 10.0. The van der Waals surface area contributed by atoms with Gasteiger partial charge < -0.3 is 14.3 Å². The number of furan rings is 1. The molecular weight excluding hydrogens is 212 g/mol. The Morgan fingerprint density at radius 3 is 3.12 bits per heavy atom. The first-order chi connectivity index (χ1) is 7.66. The number of hydrogen-bond acceptors (Lipinski definition) is 5. The van der Waals surface area contributed by atoms with Crippen LogP contribution in [0.1, 0.15) is 18.6 Å². The first-order valence-electron chi connectivity index (χ1n) is 4.63.